The highest BCUT2D eigenvalue weighted by molar-refractivity contribution is 4.90. The molecule has 3 heteroatoms. The molecule has 3 unspecified atom stereocenters. The molecule has 0 bridgehead atoms. The first-order valence-electron chi connectivity index (χ1n) is 7.01. The number of aliphatic hydroxyl groups excluding tert-OH is 1. The number of rotatable bonds is 3. The van der Waals surface area contributed by atoms with Gasteiger partial charge in [0, 0.05) is 19.8 Å². The molecule has 100 valence electrons. The zero-order valence-electron chi connectivity index (χ0n) is 11.2. The summed E-state index contributed by atoms with van der Waals surface area (Å²) in [5.74, 6) is 1.30. The van der Waals surface area contributed by atoms with Crippen LogP contribution in [0, 0.1) is 11.8 Å². The molecule has 2 aliphatic heterocycles. The van der Waals surface area contributed by atoms with Gasteiger partial charge in [-0.15, -0.1) is 0 Å². The van der Waals surface area contributed by atoms with Crippen molar-refractivity contribution in [2.45, 2.75) is 57.7 Å². The Hall–Kier alpha value is -0.120. The minimum atomic E-state index is -0.182. The van der Waals surface area contributed by atoms with Gasteiger partial charge in [0.25, 0.3) is 0 Å². The first-order valence-corrected chi connectivity index (χ1v) is 7.01. The van der Waals surface area contributed by atoms with Gasteiger partial charge in [0.05, 0.1) is 11.7 Å². The van der Waals surface area contributed by atoms with Gasteiger partial charge >= 0.3 is 0 Å². The quantitative estimate of drug-likeness (QED) is 0.825. The Morgan fingerprint density at radius 2 is 1.94 bits per heavy atom. The van der Waals surface area contributed by atoms with Crippen LogP contribution < -0.4 is 0 Å². The van der Waals surface area contributed by atoms with Crippen LogP contribution in [0.4, 0.5) is 0 Å². The number of hydrogen-bond acceptors (Lipinski definition) is 3. The minimum absolute atomic E-state index is 0.0914. The summed E-state index contributed by atoms with van der Waals surface area (Å²) in [6.07, 6.45) is 5.13. The molecule has 0 radical (unpaired) electrons. The molecule has 1 N–H and O–H groups in total. The van der Waals surface area contributed by atoms with Gasteiger partial charge in [-0.2, -0.15) is 0 Å². The van der Waals surface area contributed by atoms with Gasteiger partial charge in [-0.1, -0.05) is 6.92 Å². The van der Waals surface area contributed by atoms with Gasteiger partial charge in [0.2, 0.25) is 0 Å². The molecule has 17 heavy (non-hydrogen) atoms. The molecule has 1 spiro atoms. The van der Waals surface area contributed by atoms with E-state index in [1.165, 1.54) is 0 Å². The molecule has 0 aliphatic carbocycles. The third kappa shape index (κ3) is 3.43. The van der Waals surface area contributed by atoms with E-state index in [1.54, 1.807) is 0 Å². The molecule has 2 saturated heterocycles. The van der Waals surface area contributed by atoms with Crippen molar-refractivity contribution in [2.75, 3.05) is 19.8 Å². The maximum atomic E-state index is 9.50. The number of ether oxygens (including phenoxy) is 2. The van der Waals surface area contributed by atoms with E-state index in [2.05, 4.69) is 6.92 Å². The van der Waals surface area contributed by atoms with Crippen LogP contribution in [-0.2, 0) is 9.47 Å². The summed E-state index contributed by atoms with van der Waals surface area (Å²) in [4.78, 5) is 0. The van der Waals surface area contributed by atoms with Crippen molar-refractivity contribution in [3.05, 3.63) is 0 Å². The largest absolute Gasteiger partial charge is 0.393 e. The van der Waals surface area contributed by atoms with Crippen molar-refractivity contribution in [1.29, 1.82) is 0 Å². The summed E-state index contributed by atoms with van der Waals surface area (Å²) >= 11 is 0. The number of hydrogen-bond donors (Lipinski definition) is 1. The normalized spacial score (nSPS) is 32.3. The van der Waals surface area contributed by atoms with Crippen molar-refractivity contribution in [3.63, 3.8) is 0 Å². The Kier molecular flexibility index (Phi) is 4.45. The molecule has 2 rings (SSSR count). The van der Waals surface area contributed by atoms with Crippen molar-refractivity contribution in [2.24, 2.45) is 11.8 Å². The van der Waals surface area contributed by atoms with Crippen LogP contribution in [0.25, 0.3) is 0 Å². The molecule has 3 nitrogen and oxygen atoms in total. The lowest BCUT2D eigenvalue weighted by Crippen LogP contribution is -2.45. The first-order chi connectivity index (χ1) is 8.11. The van der Waals surface area contributed by atoms with Gasteiger partial charge in [0.1, 0.15) is 0 Å². The van der Waals surface area contributed by atoms with E-state index >= 15 is 0 Å². The second-order valence-electron chi connectivity index (χ2n) is 5.96. The topological polar surface area (TPSA) is 38.7 Å². The summed E-state index contributed by atoms with van der Waals surface area (Å²) in [6, 6.07) is 0. The SMILES string of the molecule is CC(O)CC(C)C1CCOC2(CCOCC2)C1. The predicted octanol–water partition coefficient (Wildman–Crippen LogP) is 2.37. The summed E-state index contributed by atoms with van der Waals surface area (Å²) < 4.78 is 11.5. The monoisotopic (exact) mass is 242 g/mol. The van der Waals surface area contributed by atoms with Crippen LogP contribution in [0.3, 0.4) is 0 Å². The van der Waals surface area contributed by atoms with Crippen LogP contribution in [0.5, 0.6) is 0 Å². The maximum absolute atomic E-state index is 9.50. The van der Waals surface area contributed by atoms with E-state index < -0.39 is 0 Å². The van der Waals surface area contributed by atoms with Crippen LogP contribution in [0.15, 0.2) is 0 Å². The van der Waals surface area contributed by atoms with Gasteiger partial charge in [-0.25, -0.2) is 0 Å². The third-order valence-corrected chi connectivity index (χ3v) is 4.45. The molecule has 2 fully saturated rings. The Morgan fingerprint density at radius 3 is 2.59 bits per heavy atom. The third-order valence-electron chi connectivity index (χ3n) is 4.45. The maximum Gasteiger partial charge on any atom is 0.0729 e. The van der Waals surface area contributed by atoms with E-state index in [0.717, 1.165) is 51.9 Å². The molecule has 2 aliphatic rings. The van der Waals surface area contributed by atoms with Gasteiger partial charge < -0.3 is 14.6 Å². The van der Waals surface area contributed by atoms with Crippen LogP contribution in [0.1, 0.15) is 46.0 Å². The fraction of sp³-hybridized carbons (Fsp3) is 1.00. The molecule has 0 amide bonds. The summed E-state index contributed by atoms with van der Waals surface area (Å²) in [5.41, 5.74) is 0.0914. The average molecular weight is 242 g/mol. The standard InChI is InChI=1S/C14H26O3/c1-11(9-12(2)15)13-3-6-17-14(10-13)4-7-16-8-5-14/h11-13,15H,3-10H2,1-2H3. The van der Waals surface area contributed by atoms with E-state index in [0.29, 0.717) is 11.8 Å². The Labute approximate surface area is 104 Å². The van der Waals surface area contributed by atoms with E-state index in [-0.39, 0.29) is 11.7 Å². The Morgan fingerprint density at radius 1 is 1.24 bits per heavy atom. The fourth-order valence-corrected chi connectivity index (χ4v) is 3.37. The molecular formula is C14H26O3. The van der Waals surface area contributed by atoms with E-state index in [9.17, 15) is 5.11 Å². The lowest BCUT2D eigenvalue weighted by atomic mass is 9.74. The smallest absolute Gasteiger partial charge is 0.0729 e. The highest BCUT2D eigenvalue weighted by Crippen LogP contribution is 2.40. The van der Waals surface area contributed by atoms with E-state index in [4.69, 9.17) is 9.47 Å². The predicted molar refractivity (Wildman–Crippen MR) is 66.9 cm³/mol. The second kappa shape index (κ2) is 5.68. The van der Waals surface area contributed by atoms with Gasteiger partial charge in [-0.3, -0.25) is 0 Å². The minimum Gasteiger partial charge on any atom is -0.393 e. The fourth-order valence-electron chi connectivity index (χ4n) is 3.37. The molecule has 0 saturated carbocycles. The summed E-state index contributed by atoms with van der Waals surface area (Å²) in [5, 5.41) is 9.50. The van der Waals surface area contributed by atoms with Crippen LogP contribution in [0.2, 0.25) is 0 Å². The van der Waals surface area contributed by atoms with E-state index in [1.807, 2.05) is 6.92 Å². The number of aliphatic hydroxyl groups is 1. The van der Waals surface area contributed by atoms with Crippen molar-refractivity contribution >= 4 is 0 Å². The Balaban J connectivity index is 1.91. The zero-order valence-corrected chi connectivity index (χ0v) is 11.2. The summed E-state index contributed by atoms with van der Waals surface area (Å²) in [6.45, 7) is 6.74. The van der Waals surface area contributed by atoms with Crippen molar-refractivity contribution < 1.29 is 14.6 Å². The highest BCUT2D eigenvalue weighted by Gasteiger charge is 2.40. The van der Waals surface area contributed by atoms with Gasteiger partial charge in [0.15, 0.2) is 0 Å². The van der Waals surface area contributed by atoms with Crippen molar-refractivity contribution in [3.8, 4) is 0 Å². The summed E-state index contributed by atoms with van der Waals surface area (Å²) in [7, 11) is 0. The zero-order chi connectivity index (χ0) is 12.3. The average Bonchev–Trinajstić information content (AvgIpc) is 2.29. The molecule has 2 heterocycles. The van der Waals surface area contributed by atoms with Crippen LogP contribution in [-0.4, -0.2) is 36.6 Å². The van der Waals surface area contributed by atoms with Crippen LogP contribution >= 0.6 is 0 Å². The molecule has 0 aromatic carbocycles. The second-order valence-corrected chi connectivity index (χ2v) is 5.96. The molecule has 0 aromatic heterocycles. The van der Waals surface area contributed by atoms with Gasteiger partial charge in [-0.05, 0) is 50.9 Å². The lowest BCUT2D eigenvalue weighted by Gasteiger charge is -2.45. The molecular weight excluding hydrogens is 216 g/mol. The lowest BCUT2D eigenvalue weighted by molar-refractivity contribution is -0.153. The Bertz CT molecular complexity index is 228. The van der Waals surface area contributed by atoms with Crippen molar-refractivity contribution in [1.82, 2.24) is 0 Å². The molecule has 3 atom stereocenters. The first kappa shape index (κ1) is 13.3. The highest BCUT2D eigenvalue weighted by atomic mass is 16.5. The molecule has 0 aromatic rings.